The molecule has 0 unspecified atom stereocenters. The van der Waals surface area contributed by atoms with Crippen molar-refractivity contribution in [1.29, 1.82) is 0 Å². The van der Waals surface area contributed by atoms with Gasteiger partial charge in [-0.05, 0) is 74.3 Å². The van der Waals surface area contributed by atoms with Gasteiger partial charge in [-0.25, -0.2) is 0 Å². The van der Waals surface area contributed by atoms with E-state index in [1.54, 1.807) is 4.57 Å². The Morgan fingerprint density at radius 1 is 1.00 bits per heavy atom. The zero-order valence-corrected chi connectivity index (χ0v) is 16.6. The van der Waals surface area contributed by atoms with Crippen LogP contribution in [0.15, 0.2) is 47.5 Å². The average molecular weight is 397 g/mol. The van der Waals surface area contributed by atoms with E-state index in [4.69, 9.17) is 11.6 Å². The first-order chi connectivity index (χ1) is 13.6. The summed E-state index contributed by atoms with van der Waals surface area (Å²) in [6.45, 7) is 0.775. The summed E-state index contributed by atoms with van der Waals surface area (Å²) in [7, 11) is 0. The molecule has 2 aromatic heterocycles. The molecule has 4 nitrogen and oxygen atoms in total. The Kier molecular flexibility index (Phi) is 4.56. The van der Waals surface area contributed by atoms with E-state index in [0.717, 1.165) is 48.7 Å². The lowest BCUT2D eigenvalue weighted by molar-refractivity contribution is 0.111. The number of halogens is 1. The molecule has 0 spiro atoms. The summed E-state index contributed by atoms with van der Waals surface area (Å²) in [5.74, 6) is 0.636. The fourth-order valence-corrected chi connectivity index (χ4v) is 4.76. The molecule has 0 aliphatic heterocycles. The predicted molar refractivity (Wildman–Crippen MR) is 113 cm³/mol. The normalized spacial score (nSPS) is 22.6. The minimum Gasteiger partial charge on any atom is -0.393 e. The standard InChI is InChI=1S/C23H25ClN2O2/c24-22-20(10-11-25(23(22)28)14-15-1-2-15)16-3-8-21-17(13-16)9-12-26(21)18-4-6-19(27)7-5-18/h3,8-13,15,18-19,27H,1-2,4-7,14H2/t18-,19-. The van der Waals surface area contributed by atoms with E-state index < -0.39 is 0 Å². The van der Waals surface area contributed by atoms with E-state index in [0.29, 0.717) is 17.0 Å². The van der Waals surface area contributed by atoms with Crippen molar-refractivity contribution in [2.24, 2.45) is 5.92 Å². The maximum absolute atomic E-state index is 12.6. The lowest BCUT2D eigenvalue weighted by atomic mass is 9.93. The summed E-state index contributed by atoms with van der Waals surface area (Å²) in [5.41, 5.74) is 2.88. The van der Waals surface area contributed by atoms with Gasteiger partial charge in [-0.15, -0.1) is 0 Å². The second-order valence-electron chi connectivity index (χ2n) is 8.40. The Morgan fingerprint density at radius 3 is 2.54 bits per heavy atom. The van der Waals surface area contributed by atoms with Crippen molar-refractivity contribution in [3.8, 4) is 11.1 Å². The zero-order chi connectivity index (χ0) is 19.3. The molecule has 3 aromatic rings. The topological polar surface area (TPSA) is 47.2 Å². The summed E-state index contributed by atoms with van der Waals surface area (Å²) in [6, 6.07) is 10.8. The van der Waals surface area contributed by atoms with Gasteiger partial charge in [0, 0.05) is 41.4 Å². The number of fused-ring (bicyclic) bond motifs is 1. The van der Waals surface area contributed by atoms with Crippen molar-refractivity contribution in [3.63, 3.8) is 0 Å². The quantitative estimate of drug-likeness (QED) is 0.673. The summed E-state index contributed by atoms with van der Waals surface area (Å²) in [5, 5.41) is 11.2. The van der Waals surface area contributed by atoms with E-state index in [2.05, 4.69) is 35.0 Å². The van der Waals surface area contributed by atoms with Crippen LogP contribution in [0.4, 0.5) is 0 Å². The van der Waals surface area contributed by atoms with Crippen molar-refractivity contribution >= 4 is 22.5 Å². The first-order valence-electron chi connectivity index (χ1n) is 10.3. The van der Waals surface area contributed by atoms with Gasteiger partial charge in [0.05, 0.1) is 6.10 Å². The van der Waals surface area contributed by atoms with Crippen LogP contribution in [-0.2, 0) is 6.54 Å². The maximum Gasteiger partial charge on any atom is 0.269 e. The van der Waals surface area contributed by atoms with Crippen molar-refractivity contribution in [3.05, 3.63) is 58.1 Å². The molecule has 2 aliphatic carbocycles. The first-order valence-corrected chi connectivity index (χ1v) is 10.7. The minimum absolute atomic E-state index is 0.0931. The summed E-state index contributed by atoms with van der Waals surface area (Å²) in [6.07, 6.45) is 10.1. The number of hydrogen-bond acceptors (Lipinski definition) is 2. The summed E-state index contributed by atoms with van der Waals surface area (Å²) >= 11 is 6.47. The van der Waals surface area contributed by atoms with E-state index in [-0.39, 0.29) is 11.7 Å². The predicted octanol–water partition coefficient (Wildman–Crippen LogP) is 5.01. The van der Waals surface area contributed by atoms with E-state index in [9.17, 15) is 9.90 Å². The fourth-order valence-electron chi connectivity index (χ4n) is 4.48. The average Bonchev–Trinajstić information content (AvgIpc) is 3.42. The highest BCUT2D eigenvalue weighted by Gasteiger charge is 2.23. The molecule has 28 heavy (non-hydrogen) atoms. The molecule has 5 heteroatoms. The Morgan fingerprint density at radius 2 is 1.79 bits per heavy atom. The highest BCUT2D eigenvalue weighted by molar-refractivity contribution is 6.33. The van der Waals surface area contributed by atoms with Crippen LogP contribution in [0.1, 0.15) is 44.6 Å². The SMILES string of the molecule is O=c1c(Cl)c(-c2ccc3c(ccn3[C@H]3CC[C@H](O)CC3)c2)ccn1CC1CC1. The molecule has 1 N–H and O–H groups in total. The molecule has 0 bridgehead atoms. The van der Waals surface area contributed by atoms with Crippen LogP contribution in [0, 0.1) is 5.92 Å². The Labute approximate surface area is 169 Å². The van der Waals surface area contributed by atoms with Crippen molar-refractivity contribution in [2.75, 3.05) is 0 Å². The van der Waals surface area contributed by atoms with Crippen molar-refractivity contribution in [1.82, 2.24) is 9.13 Å². The minimum atomic E-state index is -0.145. The van der Waals surface area contributed by atoms with Gasteiger partial charge in [-0.1, -0.05) is 17.7 Å². The monoisotopic (exact) mass is 396 g/mol. The number of rotatable bonds is 4. The lowest BCUT2D eigenvalue weighted by Gasteiger charge is -2.27. The highest BCUT2D eigenvalue weighted by Crippen LogP contribution is 2.35. The molecular formula is C23H25ClN2O2. The molecular weight excluding hydrogens is 372 g/mol. The third-order valence-electron chi connectivity index (χ3n) is 6.35. The first kappa shape index (κ1) is 18.0. The number of nitrogens with zero attached hydrogens (tertiary/aromatic N) is 2. The van der Waals surface area contributed by atoms with Crippen LogP contribution >= 0.6 is 11.6 Å². The van der Waals surface area contributed by atoms with Gasteiger partial charge in [-0.3, -0.25) is 4.79 Å². The third kappa shape index (κ3) is 3.29. The van der Waals surface area contributed by atoms with Gasteiger partial charge in [0.2, 0.25) is 0 Å². The van der Waals surface area contributed by atoms with Crippen LogP contribution in [0.25, 0.3) is 22.0 Å². The van der Waals surface area contributed by atoms with E-state index in [1.165, 1.54) is 18.4 Å². The molecule has 0 amide bonds. The highest BCUT2D eigenvalue weighted by atomic mass is 35.5. The third-order valence-corrected chi connectivity index (χ3v) is 6.71. The van der Waals surface area contributed by atoms with Crippen LogP contribution in [-0.4, -0.2) is 20.3 Å². The second-order valence-corrected chi connectivity index (χ2v) is 8.78. The molecule has 146 valence electrons. The molecule has 2 heterocycles. The molecule has 0 radical (unpaired) electrons. The number of aliphatic hydroxyl groups excluding tert-OH is 1. The summed E-state index contributed by atoms with van der Waals surface area (Å²) in [4.78, 5) is 12.6. The van der Waals surface area contributed by atoms with Gasteiger partial charge in [-0.2, -0.15) is 0 Å². The Hall–Kier alpha value is -2.04. The molecule has 2 fully saturated rings. The van der Waals surface area contributed by atoms with Crippen LogP contribution in [0.5, 0.6) is 0 Å². The van der Waals surface area contributed by atoms with Gasteiger partial charge < -0.3 is 14.2 Å². The van der Waals surface area contributed by atoms with Crippen LogP contribution < -0.4 is 5.56 Å². The Balaban J connectivity index is 1.47. The van der Waals surface area contributed by atoms with Crippen molar-refractivity contribution in [2.45, 2.75) is 57.2 Å². The van der Waals surface area contributed by atoms with Crippen LogP contribution in [0.2, 0.25) is 5.02 Å². The smallest absolute Gasteiger partial charge is 0.269 e. The van der Waals surface area contributed by atoms with Gasteiger partial charge in [0.15, 0.2) is 0 Å². The van der Waals surface area contributed by atoms with E-state index >= 15 is 0 Å². The molecule has 0 saturated heterocycles. The molecule has 2 saturated carbocycles. The largest absolute Gasteiger partial charge is 0.393 e. The lowest BCUT2D eigenvalue weighted by Crippen LogP contribution is -2.21. The Bertz CT molecular complexity index is 1070. The molecule has 2 aliphatic rings. The number of hydrogen-bond donors (Lipinski definition) is 1. The number of aromatic nitrogens is 2. The fraction of sp³-hybridized carbons (Fsp3) is 0.435. The maximum atomic E-state index is 12.6. The second kappa shape index (κ2) is 7.09. The van der Waals surface area contributed by atoms with Crippen LogP contribution in [0.3, 0.4) is 0 Å². The molecule has 1 aromatic carbocycles. The van der Waals surface area contributed by atoms with E-state index in [1.807, 2.05) is 12.3 Å². The van der Waals surface area contributed by atoms with Gasteiger partial charge >= 0.3 is 0 Å². The van der Waals surface area contributed by atoms with Gasteiger partial charge in [0.25, 0.3) is 5.56 Å². The number of aliphatic hydroxyl groups is 1. The molecule has 5 rings (SSSR count). The zero-order valence-electron chi connectivity index (χ0n) is 15.9. The number of benzene rings is 1. The summed E-state index contributed by atoms with van der Waals surface area (Å²) < 4.78 is 4.08. The van der Waals surface area contributed by atoms with Crippen molar-refractivity contribution < 1.29 is 5.11 Å². The van der Waals surface area contributed by atoms with Gasteiger partial charge in [0.1, 0.15) is 5.02 Å². The molecule has 0 atom stereocenters. The number of pyridine rings is 1.